The zero-order valence-corrected chi connectivity index (χ0v) is 13.1. The monoisotopic (exact) mass is 348 g/mol. The lowest BCUT2D eigenvalue weighted by Crippen LogP contribution is -2.12. The highest BCUT2D eigenvalue weighted by Crippen LogP contribution is 2.28. The highest BCUT2D eigenvalue weighted by atomic mass is 35.5. The summed E-state index contributed by atoms with van der Waals surface area (Å²) in [4.78, 5) is 12.2. The first-order valence-electron chi connectivity index (χ1n) is 6.55. The van der Waals surface area contributed by atoms with Crippen LogP contribution in [-0.2, 0) is 0 Å². The van der Waals surface area contributed by atoms with Crippen molar-refractivity contribution in [2.75, 3.05) is 5.32 Å². The number of amides is 1. The molecule has 0 saturated heterocycles. The van der Waals surface area contributed by atoms with Gasteiger partial charge in [0.2, 0.25) is 0 Å². The molecule has 0 unspecified atom stereocenters. The number of benzene rings is 2. The summed E-state index contributed by atoms with van der Waals surface area (Å²) in [6, 6.07) is 12.8. The van der Waals surface area contributed by atoms with E-state index in [0.29, 0.717) is 21.4 Å². The van der Waals surface area contributed by atoms with Crippen molar-refractivity contribution in [3.63, 3.8) is 0 Å². The van der Waals surface area contributed by atoms with Gasteiger partial charge in [-0.3, -0.25) is 4.79 Å². The van der Waals surface area contributed by atoms with Gasteiger partial charge in [-0.15, -0.1) is 0 Å². The maximum Gasteiger partial charge on any atom is 0.277 e. The van der Waals surface area contributed by atoms with E-state index >= 15 is 0 Å². The molecule has 1 aromatic heterocycles. The largest absolute Gasteiger partial charge is 0.506 e. The molecule has 0 spiro atoms. The summed E-state index contributed by atoms with van der Waals surface area (Å²) in [5.41, 5.74) is 0.962. The summed E-state index contributed by atoms with van der Waals surface area (Å²) < 4.78 is 5.16. The van der Waals surface area contributed by atoms with Gasteiger partial charge in [-0.05, 0) is 30.3 Å². The van der Waals surface area contributed by atoms with Crippen LogP contribution in [0.15, 0.2) is 53.1 Å². The number of nitrogens with one attached hydrogen (secondary N) is 1. The molecule has 7 heteroatoms. The second-order valence-corrected chi connectivity index (χ2v) is 5.58. The van der Waals surface area contributed by atoms with Gasteiger partial charge in [0.1, 0.15) is 5.75 Å². The molecule has 0 saturated carbocycles. The minimum absolute atomic E-state index is 0.0688. The zero-order chi connectivity index (χ0) is 16.4. The fraction of sp³-hybridized carbons (Fsp3) is 0. The van der Waals surface area contributed by atoms with E-state index in [4.69, 9.17) is 27.7 Å². The maximum absolute atomic E-state index is 12.2. The van der Waals surface area contributed by atoms with Crippen LogP contribution in [-0.4, -0.2) is 16.2 Å². The van der Waals surface area contributed by atoms with E-state index in [1.54, 1.807) is 24.3 Å². The van der Waals surface area contributed by atoms with Crippen molar-refractivity contribution < 1.29 is 14.4 Å². The number of aromatic hydroxyl groups is 1. The molecule has 0 aliphatic heterocycles. The summed E-state index contributed by atoms with van der Waals surface area (Å²) >= 11 is 11.8. The molecule has 0 aliphatic rings. The van der Waals surface area contributed by atoms with Crippen LogP contribution >= 0.6 is 23.2 Å². The molecule has 3 rings (SSSR count). The first-order valence-corrected chi connectivity index (χ1v) is 7.31. The lowest BCUT2D eigenvalue weighted by atomic mass is 10.1. The molecular formula is C16H10Cl2N2O3. The van der Waals surface area contributed by atoms with Crippen LogP contribution in [0.5, 0.6) is 5.75 Å². The SMILES string of the molecule is O=C(Nc1cc(Cl)ccc1O)c1cc(-c2cccc(Cl)c2)on1. The van der Waals surface area contributed by atoms with Gasteiger partial charge < -0.3 is 14.9 Å². The van der Waals surface area contributed by atoms with E-state index in [1.807, 2.05) is 0 Å². The molecule has 23 heavy (non-hydrogen) atoms. The topological polar surface area (TPSA) is 75.4 Å². The summed E-state index contributed by atoms with van der Waals surface area (Å²) in [5, 5.41) is 16.9. The lowest BCUT2D eigenvalue weighted by molar-refractivity contribution is 0.101. The number of rotatable bonds is 3. The van der Waals surface area contributed by atoms with Crippen molar-refractivity contribution >= 4 is 34.8 Å². The Labute approximate surface area is 141 Å². The van der Waals surface area contributed by atoms with Crippen LogP contribution in [0, 0.1) is 0 Å². The molecule has 0 atom stereocenters. The van der Waals surface area contributed by atoms with Crippen molar-refractivity contribution in [3.05, 3.63) is 64.3 Å². The van der Waals surface area contributed by atoms with Gasteiger partial charge >= 0.3 is 0 Å². The van der Waals surface area contributed by atoms with Gasteiger partial charge in [0.05, 0.1) is 5.69 Å². The fourth-order valence-corrected chi connectivity index (χ4v) is 2.32. The number of nitrogens with zero attached hydrogens (tertiary/aromatic N) is 1. The smallest absolute Gasteiger partial charge is 0.277 e. The van der Waals surface area contributed by atoms with Crippen LogP contribution in [0.1, 0.15) is 10.5 Å². The minimum Gasteiger partial charge on any atom is -0.506 e. The van der Waals surface area contributed by atoms with Crippen molar-refractivity contribution in [3.8, 4) is 17.1 Å². The lowest BCUT2D eigenvalue weighted by Gasteiger charge is -2.05. The number of aromatic nitrogens is 1. The van der Waals surface area contributed by atoms with Crippen molar-refractivity contribution in [2.24, 2.45) is 0 Å². The Kier molecular flexibility index (Phi) is 4.23. The fourth-order valence-electron chi connectivity index (χ4n) is 1.95. The van der Waals surface area contributed by atoms with E-state index in [0.717, 1.165) is 0 Å². The number of carbonyl (C=O) groups excluding carboxylic acids is 1. The predicted octanol–water partition coefficient (Wildman–Crippen LogP) is 4.61. The van der Waals surface area contributed by atoms with Crippen LogP contribution in [0.4, 0.5) is 5.69 Å². The normalized spacial score (nSPS) is 10.5. The third-order valence-corrected chi connectivity index (χ3v) is 3.53. The Balaban J connectivity index is 1.82. The second kappa shape index (κ2) is 6.32. The minimum atomic E-state index is -0.528. The number of hydrogen-bond acceptors (Lipinski definition) is 4. The molecule has 2 aromatic carbocycles. The Bertz CT molecular complexity index is 877. The summed E-state index contributed by atoms with van der Waals surface area (Å²) in [6.07, 6.45) is 0. The van der Waals surface area contributed by atoms with Gasteiger partial charge in [-0.25, -0.2) is 0 Å². The number of phenols is 1. The van der Waals surface area contributed by atoms with Gasteiger partial charge in [-0.2, -0.15) is 0 Å². The summed E-state index contributed by atoms with van der Waals surface area (Å²) in [7, 11) is 0. The third kappa shape index (κ3) is 3.47. The molecule has 1 amide bonds. The van der Waals surface area contributed by atoms with E-state index in [1.165, 1.54) is 24.3 Å². The molecule has 116 valence electrons. The van der Waals surface area contributed by atoms with E-state index in [2.05, 4.69) is 10.5 Å². The molecule has 0 bridgehead atoms. The Morgan fingerprint density at radius 1 is 1.09 bits per heavy atom. The van der Waals surface area contributed by atoms with E-state index in [-0.39, 0.29) is 17.1 Å². The van der Waals surface area contributed by atoms with E-state index in [9.17, 15) is 9.90 Å². The number of halogens is 2. The zero-order valence-electron chi connectivity index (χ0n) is 11.6. The molecule has 1 heterocycles. The highest BCUT2D eigenvalue weighted by Gasteiger charge is 2.15. The standard InChI is InChI=1S/C16H10Cl2N2O3/c17-10-3-1-2-9(6-10)15-8-13(20-23-15)16(22)19-12-7-11(18)4-5-14(12)21/h1-8,21H,(H,19,22). The average molecular weight is 349 g/mol. The van der Waals surface area contributed by atoms with Gasteiger partial charge in [0.25, 0.3) is 5.91 Å². The number of phenolic OH excluding ortho intramolecular Hbond substituents is 1. The first-order chi connectivity index (χ1) is 11.0. The van der Waals surface area contributed by atoms with Crippen LogP contribution in [0.25, 0.3) is 11.3 Å². The predicted molar refractivity (Wildman–Crippen MR) is 88.0 cm³/mol. The van der Waals surface area contributed by atoms with Gasteiger partial charge in [-0.1, -0.05) is 40.5 Å². The maximum atomic E-state index is 12.2. The molecular weight excluding hydrogens is 339 g/mol. The van der Waals surface area contributed by atoms with Crippen LogP contribution < -0.4 is 5.32 Å². The number of hydrogen-bond donors (Lipinski definition) is 2. The molecule has 0 fully saturated rings. The number of carbonyl (C=O) groups is 1. The molecule has 0 radical (unpaired) electrons. The Morgan fingerprint density at radius 2 is 1.87 bits per heavy atom. The van der Waals surface area contributed by atoms with Crippen LogP contribution in [0.2, 0.25) is 10.0 Å². The summed E-state index contributed by atoms with van der Waals surface area (Å²) in [5.74, 6) is -0.214. The molecule has 3 aromatic rings. The van der Waals surface area contributed by atoms with Gasteiger partial charge in [0.15, 0.2) is 11.5 Å². The van der Waals surface area contributed by atoms with Crippen molar-refractivity contribution in [2.45, 2.75) is 0 Å². The number of anilines is 1. The van der Waals surface area contributed by atoms with Crippen LogP contribution in [0.3, 0.4) is 0 Å². The summed E-state index contributed by atoms with van der Waals surface area (Å²) in [6.45, 7) is 0. The Morgan fingerprint density at radius 3 is 2.65 bits per heavy atom. The second-order valence-electron chi connectivity index (χ2n) is 4.70. The van der Waals surface area contributed by atoms with Gasteiger partial charge in [0, 0.05) is 21.7 Å². The molecule has 5 nitrogen and oxygen atoms in total. The van der Waals surface area contributed by atoms with E-state index < -0.39 is 5.91 Å². The molecule has 0 aliphatic carbocycles. The average Bonchev–Trinajstić information content (AvgIpc) is 3.01. The van der Waals surface area contributed by atoms with Crippen molar-refractivity contribution in [1.82, 2.24) is 5.16 Å². The third-order valence-electron chi connectivity index (χ3n) is 3.06. The Hall–Kier alpha value is -2.50. The first kappa shape index (κ1) is 15.4. The quantitative estimate of drug-likeness (QED) is 0.678. The molecule has 2 N–H and O–H groups in total. The van der Waals surface area contributed by atoms with Crippen molar-refractivity contribution in [1.29, 1.82) is 0 Å². The highest BCUT2D eigenvalue weighted by molar-refractivity contribution is 6.31.